The predicted octanol–water partition coefficient (Wildman–Crippen LogP) is 4.80. The zero-order chi connectivity index (χ0) is 18.6. The number of carbonyl (C=O) groups is 1. The first-order valence-electron chi connectivity index (χ1n) is 9.15. The number of carboxylic acid groups (broad SMARTS) is 1. The fraction of sp³-hybridized carbons (Fsp3) is 0.409. The number of carboxylic acids is 1. The van der Waals surface area contributed by atoms with E-state index in [-0.39, 0.29) is 12.5 Å². The van der Waals surface area contributed by atoms with Crippen molar-refractivity contribution in [3.05, 3.63) is 59.7 Å². The van der Waals surface area contributed by atoms with Crippen LogP contribution < -0.4 is 9.47 Å². The van der Waals surface area contributed by atoms with Crippen molar-refractivity contribution < 1.29 is 19.4 Å². The van der Waals surface area contributed by atoms with Crippen molar-refractivity contribution in [2.75, 3.05) is 7.11 Å². The molecule has 0 aromatic heterocycles. The first-order chi connectivity index (χ1) is 12.5. The zero-order valence-corrected chi connectivity index (χ0v) is 15.4. The summed E-state index contributed by atoms with van der Waals surface area (Å²) in [5.74, 6) is 0.557. The average Bonchev–Trinajstić information content (AvgIpc) is 3.15. The van der Waals surface area contributed by atoms with Crippen molar-refractivity contribution >= 4 is 5.97 Å². The van der Waals surface area contributed by atoms with Crippen molar-refractivity contribution in [3.63, 3.8) is 0 Å². The highest BCUT2D eigenvalue weighted by molar-refractivity contribution is 5.70. The first kappa shape index (κ1) is 18.3. The van der Waals surface area contributed by atoms with E-state index in [2.05, 4.69) is 0 Å². The average molecular weight is 354 g/mol. The summed E-state index contributed by atoms with van der Waals surface area (Å²) in [5.41, 5.74) is 1.24. The van der Waals surface area contributed by atoms with Gasteiger partial charge in [0.25, 0.3) is 0 Å². The molecule has 1 N–H and O–H groups in total. The molecule has 1 atom stereocenters. The lowest BCUT2D eigenvalue weighted by atomic mass is 9.73. The molecule has 4 nitrogen and oxygen atoms in total. The number of benzene rings is 2. The van der Waals surface area contributed by atoms with Crippen LogP contribution in [0.15, 0.2) is 48.5 Å². The minimum Gasteiger partial charge on any atom is -0.493 e. The highest BCUT2D eigenvalue weighted by Crippen LogP contribution is 2.40. The SMILES string of the molecule is COc1ccc(C(C)(CC(=O)O)c2ccccc2)cc1OC1CCCC1. The molecule has 26 heavy (non-hydrogen) atoms. The molecule has 1 saturated carbocycles. The van der Waals surface area contributed by atoms with Gasteiger partial charge in [-0.05, 0) is 48.9 Å². The molecule has 1 fully saturated rings. The lowest BCUT2D eigenvalue weighted by molar-refractivity contribution is -0.138. The molecular formula is C22H26O4. The Morgan fingerprint density at radius 2 is 1.77 bits per heavy atom. The maximum atomic E-state index is 11.6. The summed E-state index contributed by atoms with van der Waals surface area (Å²) in [6.07, 6.45) is 4.70. The summed E-state index contributed by atoms with van der Waals surface area (Å²) < 4.78 is 11.7. The van der Waals surface area contributed by atoms with E-state index in [4.69, 9.17) is 9.47 Å². The summed E-state index contributed by atoms with van der Waals surface area (Å²) in [6.45, 7) is 1.97. The van der Waals surface area contributed by atoms with Crippen LogP contribution in [-0.2, 0) is 10.2 Å². The van der Waals surface area contributed by atoms with Crippen LogP contribution in [0.2, 0.25) is 0 Å². The van der Waals surface area contributed by atoms with Crippen molar-refractivity contribution in [1.82, 2.24) is 0 Å². The Kier molecular flexibility index (Phi) is 5.50. The third kappa shape index (κ3) is 3.85. The second kappa shape index (κ2) is 7.81. The van der Waals surface area contributed by atoms with E-state index in [1.165, 1.54) is 12.8 Å². The smallest absolute Gasteiger partial charge is 0.304 e. The maximum absolute atomic E-state index is 11.6. The van der Waals surface area contributed by atoms with Gasteiger partial charge in [-0.1, -0.05) is 43.3 Å². The Labute approximate surface area is 154 Å². The van der Waals surface area contributed by atoms with Crippen LogP contribution >= 0.6 is 0 Å². The van der Waals surface area contributed by atoms with E-state index in [1.807, 2.05) is 55.5 Å². The fourth-order valence-corrected chi connectivity index (χ4v) is 3.78. The zero-order valence-electron chi connectivity index (χ0n) is 15.4. The molecule has 0 spiro atoms. The largest absolute Gasteiger partial charge is 0.493 e. The van der Waals surface area contributed by atoms with Crippen LogP contribution in [0, 0.1) is 0 Å². The minimum atomic E-state index is -0.828. The van der Waals surface area contributed by atoms with Crippen molar-refractivity contribution in [2.45, 2.75) is 50.5 Å². The first-order valence-corrected chi connectivity index (χ1v) is 9.15. The molecule has 3 rings (SSSR count). The Morgan fingerprint density at radius 3 is 2.38 bits per heavy atom. The Morgan fingerprint density at radius 1 is 1.08 bits per heavy atom. The highest BCUT2D eigenvalue weighted by Gasteiger charge is 2.33. The van der Waals surface area contributed by atoms with Gasteiger partial charge in [-0.15, -0.1) is 0 Å². The van der Waals surface area contributed by atoms with Gasteiger partial charge < -0.3 is 14.6 Å². The fourth-order valence-electron chi connectivity index (χ4n) is 3.78. The van der Waals surface area contributed by atoms with E-state index in [0.29, 0.717) is 11.5 Å². The maximum Gasteiger partial charge on any atom is 0.304 e. The van der Waals surface area contributed by atoms with Crippen LogP contribution in [0.25, 0.3) is 0 Å². The van der Waals surface area contributed by atoms with Crippen LogP contribution in [-0.4, -0.2) is 24.3 Å². The second-order valence-corrected chi connectivity index (χ2v) is 7.16. The van der Waals surface area contributed by atoms with Gasteiger partial charge in [-0.3, -0.25) is 4.79 Å². The molecule has 1 unspecified atom stereocenters. The van der Waals surface area contributed by atoms with Crippen molar-refractivity contribution in [3.8, 4) is 11.5 Å². The second-order valence-electron chi connectivity index (χ2n) is 7.16. The molecule has 2 aromatic carbocycles. The molecule has 1 aliphatic rings. The number of rotatable bonds is 7. The van der Waals surface area contributed by atoms with E-state index in [0.717, 1.165) is 24.0 Å². The standard InChI is InChI=1S/C22H26O4/c1-22(15-21(23)24,16-8-4-3-5-9-16)17-12-13-19(25-2)20(14-17)26-18-10-6-7-11-18/h3-5,8-9,12-14,18H,6-7,10-11,15H2,1-2H3,(H,23,24). The number of hydrogen-bond acceptors (Lipinski definition) is 3. The van der Waals surface area contributed by atoms with Crippen LogP contribution in [0.5, 0.6) is 11.5 Å². The molecule has 1 aliphatic carbocycles. The van der Waals surface area contributed by atoms with Gasteiger partial charge in [-0.2, -0.15) is 0 Å². The monoisotopic (exact) mass is 354 g/mol. The lowest BCUT2D eigenvalue weighted by Crippen LogP contribution is -2.27. The van der Waals surface area contributed by atoms with Crippen molar-refractivity contribution in [2.24, 2.45) is 0 Å². The molecule has 138 valence electrons. The number of aliphatic carboxylic acids is 1. The van der Waals surface area contributed by atoms with E-state index >= 15 is 0 Å². The topological polar surface area (TPSA) is 55.8 Å². The summed E-state index contributed by atoms with van der Waals surface area (Å²) in [4.78, 5) is 11.6. The molecule has 0 aliphatic heterocycles. The summed E-state index contributed by atoms with van der Waals surface area (Å²) in [7, 11) is 1.63. The third-order valence-corrected chi connectivity index (χ3v) is 5.31. The Balaban J connectivity index is 2.02. The number of hydrogen-bond donors (Lipinski definition) is 1. The van der Waals surface area contributed by atoms with Gasteiger partial charge in [-0.25, -0.2) is 0 Å². The Hall–Kier alpha value is -2.49. The number of ether oxygens (including phenoxy) is 2. The molecule has 0 bridgehead atoms. The third-order valence-electron chi connectivity index (χ3n) is 5.31. The van der Waals surface area contributed by atoms with Gasteiger partial charge in [0.05, 0.1) is 19.6 Å². The lowest BCUT2D eigenvalue weighted by Gasteiger charge is -2.30. The molecule has 0 saturated heterocycles. The van der Waals surface area contributed by atoms with Gasteiger partial charge >= 0.3 is 5.97 Å². The molecule has 0 radical (unpaired) electrons. The Bertz CT molecular complexity index is 750. The summed E-state index contributed by atoms with van der Waals surface area (Å²) in [5, 5.41) is 9.52. The van der Waals surface area contributed by atoms with Crippen LogP contribution in [0.4, 0.5) is 0 Å². The van der Waals surface area contributed by atoms with Crippen molar-refractivity contribution in [1.29, 1.82) is 0 Å². The molecular weight excluding hydrogens is 328 g/mol. The van der Waals surface area contributed by atoms with Crippen LogP contribution in [0.3, 0.4) is 0 Å². The van der Waals surface area contributed by atoms with E-state index in [1.54, 1.807) is 7.11 Å². The summed E-state index contributed by atoms with van der Waals surface area (Å²) in [6, 6.07) is 15.5. The van der Waals surface area contributed by atoms with Gasteiger partial charge in [0.15, 0.2) is 11.5 Å². The van der Waals surface area contributed by atoms with Gasteiger partial charge in [0.2, 0.25) is 0 Å². The van der Waals surface area contributed by atoms with Crippen LogP contribution in [0.1, 0.15) is 50.2 Å². The summed E-state index contributed by atoms with van der Waals surface area (Å²) >= 11 is 0. The van der Waals surface area contributed by atoms with Gasteiger partial charge in [0, 0.05) is 5.41 Å². The molecule has 4 heteroatoms. The molecule has 0 heterocycles. The minimum absolute atomic E-state index is 0.00616. The molecule has 0 amide bonds. The molecule has 2 aromatic rings. The van der Waals surface area contributed by atoms with E-state index < -0.39 is 11.4 Å². The number of methoxy groups -OCH3 is 1. The van der Waals surface area contributed by atoms with E-state index in [9.17, 15) is 9.90 Å². The van der Waals surface area contributed by atoms with Gasteiger partial charge in [0.1, 0.15) is 0 Å². The normalized spacial score (nSPS) is 16.8. The highest BCUT2D eigenvalue weighted by atomic mass is 16.5. The predicted molar refractivity (Wildman–Crippen MR) is 101 cm³/mol. The quantitative estimate of drug-likeness (QED) is 0.776.